The van der Waals surface area contributed by atoms with Crippen molar-refractivity contribution < 1.29 is 12.8 Å². The first-order valence-corrected chi connectivity index (χ1v) is 7.55. The maximum Gasteiger partial charge on any atom is 0.213 e. The van der Waals surface area contributed by atoms with Gasteiger partial charge in [0.15, 0.2) is 0 Å². The highest BCUT2D eigenvalue weighted by molar-refractivity contribution is 7.88. The van der Waals surface area contributed by atoms with Gasteiger partial charge in [-0.25, -0.2) is 13.6 Å². The molecule has 3 N–H and O–H groups in total. The van der Waals surface area contributed by atoms with E-state index in [4.69, 9.17) is 9.56 Å². The summed E-state index contributed by atoms with van der Waals surface area (Å²) in [6.45, 7) is 1.98. The van der Waals surface area contributed by atoms with Gasteiger partial charge in [0.05, 0.1) is 18.1 Å². The van der Waals surface area contributed by atoms with Crippen LogP contribution >= 0.6 is 0 Å². The molecule has 1 unspecified atom stereocenters. The quantitative estimate of drug-likeness (QED) is 0.879. The van der Waals surface area contributed by atoms with Crippen molar-refractivity contribution in [3.63, 3.8) is 0 Å². The van der Waals surface area contributed by atoms with Crippen molar-refractivity contribution in [1.29, 1.82) is 0 Å². The lowest BCUT2D eigenvalue weighted by Crippen LogP contribution is -2.14. The van der Waals surface area contributed by atoms with Crippen LogP contribution in [-0.4, -0.2) is 8.42 Å². The van der Waals surface area contributed by atoms with Crippen LogP contribution in [0.1, 0.15) is 24.3 Å². The summed E-state index contributed by atoms with van der Waals surface area (Å²) in [7, 11) is -3.48. The molecule has 0 saturated carbocycles. The van der Waals surface area contributed by atoms with Gasteiger partial charge in [-0.2, -0.15) is 0 Å². The molecule has 1 aromatic carbocycles. The van der Waals surface area contributed by atoms with Crippen LogP contribution in [0.2, 0.25) is 0 Å². The highest BCUT2D eigenvalue weighted by Gasteiger charge is 2.08. The lowest BCUT2D eigenvalue weighted by atomic mass is 10.2. The average molecular weight is 280 g/mol. The Kier molecular flexibility index (Phi) is 3.92. The molecule has 1 heterocycles. The van der Waals surface area contributed by atoms with Crippen molar-refractivity contribution in [3.8, 4) is 0 Å². The summed E-state index contributed by atoms with van der Waals surface area (Å²) in [5.41, 5.74) is 1.56. The van der Waals surface area contributed by atoms with E-state index < -0.39 is 10.0 Å². The van der Waals surface area contributed by atoms with E-state index in [1.807, 2.05) is 31.2 Å². The fourth-order valence-corrected chi connectivity index (χ4v) is 2.45. The van der Waals surface area contributed by atoms with Gasteiger partial charge in [-0.15, -0.1) is 0 Å². The highest BCUT2D eigenvalue weighted by Crippen LogP contribution is 2.20. The molecule has 1 atom stereocenters. The van der Waals surface area contributed by atoms with Crippen molar-refractivity contribution in [3.05, 3.63) is 54.0 Å². The molecule has 5 nitrogen and oxygen atoms in total. The number of hydrogen-bond acceptors (Lipinski definition) is 4. The second kappa shape index (κ2) is 5.46. The fourth-order valence-electron chi connectivity index (χ4n) is 1.79. The van der Waals surface area contributed by atoms with Gasteiger partial charge in [-0.1, -0.05) is 12.1 Å². The van der Waals surface area contributed by atoms with Crippen LogP contribution < -0.4 is 10.5 Å². The molecular weight excluding hydrogens is 264 g/mol. The number of sulfonamides is 1. The molecule has 0 amide bonds. The topological polar surface area (TPSA) is 85.3 Å². The summed E-state index contributed by atoms with van der Waals surface area (Å²) in [4.78, 5) is 0. The first kappa shape index (κ1) is 13.6. The molecular formula is C13H16N2O3S. The minimum atomic E-state index is -3.48. The lowest BCUT2D eigenvalue weighted by Gasteiger charge is -2.13. The second-order valence-electron chi connectivity index (χ2n) is 4.39. The summed E-state index contributed by atoms with van der Waals surface area (Å²) >= 11 is 0. The zero-order chi connectivity index (χ0) is 13.9. The first-order chi connectivity index (χ1) is 8.94. The van der Waals surface area contributed by atoms with Crippen LogP contribution in [0.4, 0.5) is 5.69 Å². The summed E-state index contributed by atoms with van der Waals surface area (Å²) in [6.07, 6.45) is 1.63. The normalized spacial score (nSPS) is 13.2. The molecule has 6 heteroatoms. The number of furan rings is 1. The maximum absolute atomic E-state index is 11.0. The van der Waals surface area contributed by atoms with E-state index in [1.54, 1.807) is 18.4 Å². The molecule has 0 bridgehead atoms. The van der Waals surface area contributed by atoms with Crippen LogP contribution in [0.25, 0.3) is 0 Å². The van der Waals surface area contributed by atoms with E-state index in [0.29, 0.717) is 5.56 Å². The predicted molar refractivity (Wildman–Crippen MR) is 74.0 cm³/mol. The summed E-state index contributed by atoms with van der Waals surface area (Å²) in [5, 5.41) is 8.25. The van der Waals surface area contributed by atoms with Crippen molar-refractivity contribution in [2.75, 3.05) is 5.32 Å². The number of primary sulfonamides is 1. The molecule has 2 aromatic rings. The largest absolute Gasteiger partial charge is 0.467 e. The third-order valence-electron chi connectivity index (χ3n) is 2.67. The van der Waals surface area contributed by atoms with Crippen molar-refractivity contribution in [2.24, 2.45) is 5.14 Å². The molecule has 0 saturated heterocycles. The summed E-state index contributed by atoms with van der Waals surface area (Å²) in [5.74, 6) is 0.690. The fraction of sp³-hybridized carbons (Fsp3) is 0.231. The minimum Gasteiger partial charge on any atom is -0.467 e. The number of rotatable bonds is 5. The Balaban J connectivity index is 2.03. The molecule has 1 aromatic heterocycles. The molecule has 0 aliphatic heterocycles. The SMILES string of the molecule is CC(Nc1ccc(CS(N)(=O)=O)cc1)c1ccco1. The van der Waals surface area contributed by atoms with E-state index in [0.717, 1.165) is 11.4 Å². The second-order valence-corrected chi connectivity index (χ2v) is 6.00. The minimum absolute atomic E-state index is 0.0408. The van der Waals surface area contributed by atoms with Gasteiger partial charge < -0.3 is 9.73 Å². The molecule has 0 spiro atoms. The van der Waals surface area contributed by atoms with Crippen molar-refractivity contribution in [1.82, 2.24) is 0 Å². The standard InChI is InChI=1S/C13H16N2O3S/c1-10(13-3-2-8-18-13)15-12-6-4-11(5-7-12)9-19(14,16)17/h2-8,10,15H,9H2,1H3,(H2,14,16,17). The van der Waals surface area contributed by atoms with E-state index in [-0.39, 0.29) is 11.8 Å². The zero-order valence-corrected chi connectivity index (χ0v) is 11.4. The van der Waals surface area contributed by atoms with Gasteiger partial charge in [0.1, 0.15) is 5.76 Å². The van der Waals surface area contributed by atoms with Gasteiger partial charge in [-0.3, -0.25) is 0 Å². The monoisotopic (exact) mass is 280 g/mol. The maximum atomic E-state index is 11.0. The Morgan fingerprint density at radius 3 is 2.47 bits per heavy atom. The van der Waals surface area contributed by atoms with Crippen LogP contribution in [0.5, 0.6) is 0 Å². The van der Waals surface area contributed by atoms with E-state index in [9.17, 15) is 8.42 Å². The summed E-state index contributed by atoms with van der Waals surface area (Å²) in [6, 6.07) is 10.9. The smallest absolute Gasteiger partial charge is 0.213 e. The van der Waals surface area contributed by atoms with Gasteiger partial charge in [0.25, 0.3) is 0 Å². The first-order valence-electron chi connectivity index (χ1n) is 5.83. The van der Waals surface area contributed by atoms with Crippen LogP contribution in [0.15, 0.2) is 47.1 Å². The molecule has 0 aliphatic carbocycles. The third kappa shape index (κ3) is 4.11. The van der Waals surface area contributed by atoms with Crippen molar-refractivity contribution >= 4 is 15.7 Å². The highest BCUT2D eigenvalue weighted by atomic mass is 32.2. The van der Waals surface area contributed by atoms with Gasteiger partial charge in [-0.05, 0) is 36.8 Å². The third-order valence-corrected chi connectivity index (χ3v) is 3.41. The van der Waals surface area contributed by atoms with Gasteiger partial charge in [0, 0.05) is 5.69 Å². The zero-order valence-electron chi connectivity index (χ0n) is 10.5. The van der Waals surface area contributed by atoms with Gasteiger partial charge >= 0.3 is 0 Å². The average Bonchev–Trinajstić information content (AvgIpc) is 2.83. The molecule has 102 valence electrons. The summed E-state index contributed by atoms with van der Waals surface area (Å²) < 4.78 is 27.2. The number of benzene rings is 1. The Hall–Kier alpha value is -1.79. The molecule has 0 aliphatic rings. The molecule has 19 heavy (non-hydrogen) atoms. The number of hydrogen-bond donors (Lipinski definition) is 2. The Bertz CT molecular complexity index is 618. The number of anilines is 1. The Morgan fingerprint density at radius 1 is 1.26 bits per heavy atom. The Labute approximate surface area is 112 Å². The Morgan fingerprint density at radius 2 is 1.95 bits per heavy atom. The molecule has 2 rings (SSSR count). The van der Waals surface area contributed by atoms with E-state index >= 15 is 0 Å². The van der Waals surface area contributed by atoms with E-state index in [2.05, 4.69) is 5.32 Å². The van der Waals surface area contributed by atoms with Crippen LogP contribution in [-0.2, 0) is 15.8 Å². The van der Waals surface area contributed by atoms with Crippen molar-refractivity contribution in [2.45, 2.75) is 18.7 Å². The van der Waals surface area contributed by atoms with E-state index in [1.165, 1.54) is 0 Å². The van der Waals surface area contributed by atoms with Gasteiger partial charge in [0.2, 0.25) is 10.0 Å². The van der Waals surface area contributed by atoms with Crippen LogP contribution in [0.3, 0.4) is 0 Å². The number of nitrogens with two attached hydrogens (primary N) is 1. The molecule has 0 fully saturated rings. The number of nitrogens with one attached hydrogen (secondary N) is 1. The lowest BCUT2D eigenvalue weighted by molar-refractivity contribution is 0.490. The van der Waals surface area contributed by atoms with Crippen LogP contribution in [0, 0.1) is 0 Å². The molecule has 0 radical (unpaired) electrons. The predicted octanol–water partition coefficient (Wildman–Crippen LogP) is 2.24.